The first-order chi connectivity index (χ1) is 13.4. The van der Waals surface area contributed by atoms with Crippen molar-refractivity contribution >= 4 is 6.09 Å². The van der Waals surface area contributed by atoms with Gasteiger partial charge in [-0.05, 0) is 55.9 Å². The second kappa shape index (κ2) is 7.59. The van der Waals surface area contributed by atoms with Gasteiger partial charge >= 0.3 is 6.09 Å². The highest BCUT2D eigenvalue weighted by atomic mass is 16.6. The van der Waals surface area contributed by atoms with Crippen molar-refractivity contribution < 1.29 is 9.53 Å². The molecule has 0 N–H and O–H groups in total. The molecule has 2 heterocycles. The Balaban J connectivity index is 1.49. The fraction of sp³-hybridized carbons (Fsp3) is 0.458. The highest BCUT2D eigenvalue weighted by Gasteiger charge is 2.31. The molecule has 0 aliphatic carbocycles. The molecular weight excluding hydrogens is 348 g/mol. The number of ether oxygens (including phenoxy) is 1. The fourth-order valence-corrected chi connectivity index (χ4v) is 4.33. The number of carbonyl (C=O) groups excluding carboxylic acids is 1. The molecule has 1 saturated heterocycles. The zero-order chi connectivity index (χ0) is 19.7. The average molecular weight is 379 g/mol. The van der Waals surface area contributed by atoms with E-state index in [-0.39, 0.29) is 6.09 Å². The molecule has 0 aromatic heterocycles. The number of piperidine rings is 1. The average Bonchev–Trinajstić information content (AvgIpc) is 2.84. The molecule has 1 amide bonds. The van der Waals surface area contributed by atoms with E-state index in [9.17, 15) is 4.79 Å². The molecule has 4 nitrogen and oxygen atoms in total. The lowest BCUT2D eigenvalue weighted by atomic mass is 9.97. The molecule has 28 heavy (non-hydrogen) atoms. The van der Waals surface area contributed by atoms with Gasteiger partial charge in [-0.25, -0.2) is 4.79 Å². The zero-order valence-corrected chi connectivity index (χ0v) is 17.1. The van der Waals surface area contributed by atoms with Crippen LogP contribution in [-0.4, -0.2) is 40.6 Å². The molecule has 0 unspecified atom stereocenters. The van der Waals surface area contributed by atoms with Crippen LogP contribution in [0.25, 0.3) is 11.1 Å². The van der Waals surface area contributed by atoms with Crippen LogP contribution >= 0.6 is 0 Å². The van der Waals surface area contributed by atoms with E-state index in [1.54, 1.807) is 0 Å². The number of hydrogen-bond acceptors (Lipinski definition) is 3. The van der Waals surface area contributed by atoms with Gasteiger partial charge in [-0.2, -0.15) is 0 Å². The van der Waals surface area contributed by atoms with Crippen LogP contribution < -0.4 is 0 Å². The van der Waals surface area contributed by atoms with E-state index in [0.29, 0.717) is 6.04 Å². The zero-order valence-electron chi connectivity index (χ0n) is 17.1. The number of nitrogens with zero attached hydrogens (tertiary/aromatic N) is 2. The summed E-state index contributed by atoms with van der Waals surface area (Å²) < 4.78 is 5.54. The molecule has 2 aromatic rings. The van der Waals surface area contributed by atoms with Crippen LogP contribution in [0.5, 0.6) is 0 Å². The predicted octanol–water partition coefficient (Wildman–Crippen LogP) is 5.07. The summed E-state index contributed by atoms with van der Waals surface area (Å²) in [5, 5.41) is 0. The molecule has 0 radical (unpaired) electrons. The second-order valence-electron chi connectivity index (χ2n) is 8.92. The van der Waals surface area contributed by atoms with E-state index in [0.717, 1.165) is 39.0 Å². The summed E-state index contributed by atoms with van der Waals surface area (Å²) in [6.45, 7) is 9.21. The summed E-state index contributed by atoms with van der Waals surface area (Å²) in [5.74, 6) is 0. The lowest BCUT2D eigenvalue weighted by molar-refractivity contribution is 0.0132. The minimum absolute atomic E-state index is 0.183. The van der Waals surface area contributed by atoms with Crippen LogP contribution in [0.4, 0.5) is 4.79 Å². The topological polar surface area (TPSA) is 32.8 Å². The Hall–Kier alpha value is -2.33. The van der Waals surface area contributed by atoms with Gasteiger partial charge in [-0.15, -0.1) is 0 Å². The standard InChI is InChI=1S/C24H30N2O2/c1-24(2,3)28-23(27)25-14-12-20(13-15-25)26-16-18-8-4-6-10-21(18)22-11-7-5-9-19(22)17-26/h4-11,20H,12-17H2,1-3H3. The number of rotatable bonds is 1. The maximum atomic E-state index is 12.4. The summed E-state index contributed by atoms with van der Waals surface area (Å²) in [6.07, 6.45) is 1.80. The third-order valence-electron chi connectivity index (χ3n) is 5.70. The highest BCUT2D eigenvalue weighted by Crippen LogP contribution is 2.34. The third kappa shape index (κ3) is 4.07. The Morgan fingerprint density at radius 2 is 1.39 bits per heavy atom. The molecule has 148 valence electrons. The first kappa shape index (κ1) is 19.0. The highest BCUT2D eigenvalue weighted by molar-refractivity contribution is 5.71. The van der Waals surface area contributed by atoms with Crippen molar-refractivity contribution in [1.82, 2.24) is 9.80 Å². The number of fused-ring (bicyclic) bond motifs is 3. The quantitative estimate of drug-likeness (QED) is 0.695. The molecular formula is C24H30N2O2. The van der Waals surface area contributed by atoms with Crippen LogP contribution in [0.2, 0.25) is 0 Å². The Labute approximate surface area is 168 Å². The van der Waals surface area contributed by atoms with Crippen molar-refractivity contribution in [2.45, 2.75) is 58.3 Å². The second-order valence-corrected chi connectivity index (χ2v) is 8.92. The molecule has 4 heteroatoms. The number of amides is 1. The number of hydrogen-bond donors (Lipinski definition) is 0. The molecule has 0 bridgehead atoms. The van der Waals surface area contributed by atoms with Gasteiger partial charge < -0.3 is 9.64 Å². The first-order valence-corrected chi connectivity index (χ1v) is 10.3. The minimum atomic E-state index is -0.438. The van der Waals surface area contributed by atoms with Gasteiger partial charge in [0.05, 0.1) is 0 Å². The molecule has 0 spiro atoms. The number of benzene rings is 2. The van der Waals surface area contributed by atoms with Gasteiger partial charge in [0.1, 0.15) is 5.60 Å². The summed E-state index contributed by atoms with van der Waals surface area (Å²) in [6, 6.07) is 18.0. The van der Waals surface area contributed by atoms with Crippen LogP contribution in [0.3, 0.4) is 0 Å². The van der Waals surface area contributed by atoms with Gasteiger partial charge in [-0.1, -0.05) is 48.5 Å². The van der Waals surface area contributed by atoms with Crippen molar-refractivity contribution in [3.63, 3.8) is 0 Å². The molecule has 2 aromatic carbocycles. The fourth-order valence-electron chi connectivity index (χ4n) is 4.33. The monoisotopic (exact) mass is 378 g/mol. The van der Waals surface area contributed by atoms with E-state index in [1.165, 1.54) is 22.3 Å². The lowest BCUT2D eigenvalue weighted by Crippen LogP contribution is -2.47. The molecule has 1 fully saturated rings. The van der Waals surface area contributed by atoms with Crippen LogP contribution in [0.15, 0.2) is 48.5 Å². The number of carbonyl (C=O) groups is 1. The largest absolute Gasteiger partial charge is 0.444 e. The molecule has 2 aliphatic rings. The number of likely N-dealkylation sites (tertiary alicyclic amines) is 1. The summed E-state index contributed by atoms with van der Waals surface area (Å²) in [5.41, 5.74) is 5.05. The SMILES string of the molecule is CC(C)(C)OC(=O)N1CCC(N2Cc3ccccc3-c3ccccc3C2)CC1. The molecule has 0 saturated carbocycles. The first-order valence-electron chi connectivity index (χ1n) is 10.3. The Morgan fingerprint density at radius 1 is 0.893 bits per heavy atom. The van der Waals surface area contributed by atoms with Gasteiger partial charge in [-0.3, -0.25) is 4.90 Å². The Kier molecular flexibility index (Phi) is 5.15. The normalized spacial score (nSPS) is 18.2. The van der Waals surface area contributed by atoms with Crippen LogP contribution in [0, 0.1) is 0 Å². The lowest BCUT2D eigenvalue weighted by Gasteiger charge is -2.38. The summed E-state index contributed by atoms with van der Waals surface area (Å²) in [4.78, 5) is 16.8. The van der Waals surface area contributed by atoms with E-state index in [1.807, 2.05) is 25.7 Å². The maximum absolute atomic E-state index is 12.4. The van der Waals surface area contributed by atoms with Gasteiger partial charge in [0.2, 0.25) is 0 Å². The van der Waals surface area contributed by atoms with Gasteiger partial charge in [0, 0.05) is 32.2 Å². The molecule has 2 aliphatic heterocycles. The van der Waals surface area contributed by atoms with E-state index < -0.39 is 5.60 Å². The van der Waals surface area contributed by atoms with Gasteiger partial charge in [0.15, 0.2) is 0 Å². The Bertz CT molecular complexity index is 800. The van der Waals surface area contributed by atoms with Crippen molar-refractivity contribution in [3.05, 3.63) is 59.7 Å². The van der Waals surface area contributed by atoms with Crippen LogP contribution in [0.1, 0.15) is 44.7 Å². The maximum Gasteiger partial charge on any atom is 0.410 e. The minimum Gasteiger partial charge on any atom is -0.444 e. The predicted molar refractivity (Wildman–Crippen MR) is 112 cm³/mol. The smallest absolute Gasteiger partial charge is 0.410 e. The van der Waals surface area contributed by atoms with E-state index >= 15 is 0 Å². The summed E-state index contributed by atoms with van der Waals surface area (Å²) >= 11 is 0. The third-order valence-corrected chi connectivity index (χ3v) is 5.70. The van der Waals surface area contributed by atoms with Crippen molar-refractivity contribution in [3.8, 4) is 11.1 Å². The van der Waals surface area contributed by atoms with Crippen molar-refractivity contribution in [2.24, 2.45) is 0 Å². The molecule has 0 atom stereocenters. The van der Waals surface area contributed by atoms with Gasteiger partial charge in [0.25, 0.3) is 0 Å². The summed E-state index contributed by atoms with van der Waals surface area (Å²) in [7, 11) is 0. The molecule has 4 rings (SSSR count). The van der Waals surface area contributed by atoms with Crippen molar-refractivity contribution in [2.75, 3.05) is 13.1 Å². The van der Waals surface area contributed by atoms with E-state index in [2.05, 4.69) is 53.4 Å². The van der Waals surface area contributed by atoms with Crippen molar-refractivity contribution in [1.29, 1.82) is 0 Å². The van der Waals surface area contributed by atoms with E-state index in [4.69, 9.17) is 4.74 Å². The Morgan fingerprint density at radius 3 is 1.89 bits per heavy atom. The van der Waals surface area contributed by atoms with Crippen LogP contribution in [-0.2, 0) is 17.8 Å².